The van der Waals surface area contributed by atoms with Crippen molar-refractivity contribution in [1.82, 2.24) is 9.88 Å². The van der Waals surface area contributed by atoms with Gasteiger partial charge in [-0.15, -0.1) is 0 Å². The van der Waals surface area contributed by atoms with Gasteiger partial charge in [0.2, 0.25) is 0 Å². The van der Waals surface area contributed by atoms with E-state index in [1.54, 1.807) is 13.2 Å². The summed E-state index contributed by atoms with van der Waals surface area (Å²) >= 11 is 0. The Labute approximate surface area is 145 Å². The van der Waals surface area contributed by atoms with Crippen LogP contribution >= 0.6 is 0 Å². The predicted molar refractivity (Wildman–Crippen MR) is 95.1 cm³/mol. The Bertz CT molecular complexity index is 880. The highest BCUT2D eigenvalue weighted by atomic mass is 16.5. The molecule has 4 rings (SSSR count). The van der Waals surface area contributed by atoms with Crippen molar-refractivity contribution < 1.29 is 13.9 Å². The van der Waals surface area contributed by atoms with Crippen molar-refractivity contribution in [3.05, 3.63) is 54.4 Å². The zero-order valence-electron chi connectivity index (χ0n) is 14.0. The smallest absolute Gasteiger partial charge is 0.254 e. The molecule has 3 aromatic rings. The third-order valence-electron chi connectivity index (χ3n) is 4.58. The van der Waals surface area contributed by atoms with E-state index in [0.717, 1.165) is 30.0 Å². The fourth-order valence-corrected chi connectivity index (χ4v) is 3.13. The van der Waals surface area contributed by atoms with Crippen LogP contribution in [0.2, 0.25) is 0 Å². The first kappa shape index (κ1) is 15.5. The molecular formula is C19H19N3O3. The fraction of sp³-hybridized carbons (Fsp3) is 0.263. The number of oxazole rings is 1. The third-order valence-corrected chi connectivity index (χ3v) is 4.58. The van der Waals surface area contributed by atoms with Gasteiger partial charge >= 0.3 is 0 Å². The SMILES string of the molecule is COc1ccc(N2CCN(C(=O)c3ccc4ncoc4c3)CC2)cc1. The van der Waals surface area contributed by atoms with Crippen LogP contribution in [0.4, 0.5) is 5.69 Å². The number of fused-ring (bicyclic) bond motifs is 1. The molecule has 1 aromatic heterocycles. The van der Waals surface area contributed by atoms with Crippen molar-refractivity contribution in [2.45, 2.75) is 0 Å². The van der Waals surface area contributed by atoms with Crippen LogP contribution in [0.15, 0.2) is 53.3 Å². The second-order valence-electron chi connectivity index (χ2n) is 6.01. The minimum atomic E-state index is 0.0349. The number of benzene rings is 2. The minimum absolute atomic E-state index is 0.0349. The summed E-state index contributed by atoms with van der Waals surface area (Å²) in [6.07, 6.45) is 1.40. The van der Waals surface area contributed by atoms with Crippen LogP contribution in [0, 0.1) is 0 Å². The number of rotatable bonds is 3. The van der Waals surface area contributed by atoms with Crippen LogP contribution in [0.1, 0.15) is 10.4 Å². The molecule has 128 valence electrons. The molecule has 2 aromatic carbocycles. The number of anilines is 1. The van der Waals surface area contributed by atoms with Gasteiger partial charge < -0.3 is 19.0 Å². The van der Waals surface area contributed by atoms with Crippen LogP contribution in [-0.2, 0) is 0 Å². The lowest BCUT2D eigenvalue weighted by Crippen LogP contribution is -2.48. The van der Waals surface area contributed by atoms with Crippen molar-refractivity contribution >= 4 is 22.7 Å². The lowest BCUT2D eigenvalue weighted by molar-refractivity contribution is 0.0747. The Balaban J connectivity index is 1.42. The average molecular weight is 337 g/mol. The largest absolute Gasteiger partial charge is 0.497 e. The Morgan fingerprint density at radius 1 is 1.08 bits per heavy atom. The molecule has 0 aliphatic carbocycles. The minimum Gasteiger partial charge on any atom is -0.497 e. The molecule has 1 saturated heterocycles. The quantitative estimate of drug-likeness (QED) is 0.735. The molecule has 0 spiro atoms. The first-order chi connectivity index (χ1) is 12.2. The summed E-state index contributed by atoms with van der Waals surface area (Å²) in [7, 11) is 1.66. The van der Waals surface area contributed by atoms with E-state index in [1.807, 2.05) is 41.3 Å². The van der Waals surface area contributed by atoms with Crippen molar-refractivity contribution in [2.75, 3.05) is 38.2 Å². The van der Waals surface area contributed by atoms with Crippen LogP contribution in [0.5, 0.6) is 5.75 Å². The molecule has 2 heterocycles. The number of piperazine rings is 1. The maximum atomic E-state index is 12.7. The summed E-state index contributed by atoms with van der Waals surface area (Å²) in [6.45, 7) is 3.00. The van der Waals surface area contributed by atoms with Crippen molar-refractivity contribution in [1.29, 1.82) is 0 Å². The summed E-state index contributed by atoms with van der Waals surface area (Å²) in [6, 6.07) is 13.4. The monoisotopic (exact) mass is 337 g/mol. The second kappa shape index (κ2) is 6.47. The molecule has 1 aliphatic heterocycles. The first-order valence-electron chi connectivity index (χ1n) is 8.26. The molecule has 1 aliphatic rings. The number of ether oxygens (including phenoxy) is 1. The maximum Gasteiger partial charge on any atom is 0.254 e. The number of amides is 1. The number of hydrogen-bond acceptors (Lipinski definition) is 5. The standard InChI is InChI=1S/C19H19N3O3/c1-24-16-5-3-15(4-6-16)21-8-10-22(11-9-21)19(23)14-2-7-17-18(12-14)25-13-20-17/h2-7,12-13H,8-11H2,1H3. The van der Waals surface area contributed by atoms with Crippen LogP contribution in [-0.4, -0.2) is 49.1 Å². The average Bonchev–Trinajstić information content (AvgIpc) is 3.15. The predicted octanol–water partition coefficient (Wildman–Crippen LogP) is 2.80. The van der Waals surface area contributed by atoms with E-state index in [9.17, 15) is 4.79 Å². The van der Waals surface area contributed by atoms with Gasteiger partial charge in [-0.25, -0.2) is 4.98 Å². The summed E-state index contributed by atoms with van der Waals surface area (Å²) in [5.74, 6) is 0.882. The zero-order chi connectivity index (χ0) is 17.2. The second-order valence-corrected chi connectivity index (χ2v) is 6.01. The van der Waals surface area contributed by atoms with Gasteiger partial charge in [-0.3, -0.25) is 4.79 Å². The molecule has 0 unspecified atom stereocenters. The van der Waals surface area contributed by atoms with E-state index in [0.29, 0.717) is 24.2 Å². The number of carbonyl (C=O) groups excluding carboxylic acids is 1. The van der Waals surface area contributed by atoms with Gasteiger partial charge in [0.05, 0.1) is 7.11 Å². The number of methoxy groups -OCH3 is 1. The van der Waals surface area contributed by atoms with Crippen LogP contribution < -0.4 is 9.64 Å². The summed E-state index contributed by atoms with van der Waals surface area (Å²) in [4.78, 5) is 21.0. The highest BCUT2D eigenvalue weighted by molar-refractivity contribution is 5.97. The summed E-state index contributed by atoms with van der Waals surface area (Å²) < 4.78 is 10.5. The molecular weight excluding hydrogens is 318 g/mol. The molecule has 25 heavy (non-hydrogen) atoms. The Morgan fingerprint density at radius 3 is 2.56 bits per heavy atom. The maximum absolute atomic E-state index is 12.7. The zero-order valence-corrected chi connectivity index (χ0v) is 14.0. The normalized spacial score (nSPS) is 14.8. The highest BCUT2D eigenvalue weighted by Gasteiger charge is 2.22. The van der Waals surface area contributed by atoms with Gasteiger partial charge in [-0.1, -0.05) is 0 Å². The number of carbonyl (C=O) groups is 1. The Kier molecular flexibility index (Phi) is 4.01. The van der Waals surface area contributed by atoms with Gasteiger partial charge in [0.1, 0.15) is 11.3 Å². The third kappa shape index (κ3) is 3.03. The van der Waals surface area contributed by atoms with Crippen LogP contribution in [0.25, 0.3) is 11.1 Å². The lowest BCUT2D eigenvalue weighted by Gasteiger charge is -2.36. The van der Waals surface area contributed by atoms with Crippen LogP contribution in [0.3, 0.4) is 0 Å². The van der Waals surface area contributed by atoms with Gasteiger partial charge in [0.25, 0.3) is 5.91 Å². The Morgan fingerprint density at radius 2 is 1.84 bits per heavy atom. The van der Waals surface area contributed by atoms with Gasteiger partial charge in [0, 0.05) is 37.4 Å². The molecule has 1 amide bonds. The van der Waals surface area contributed by atoms with E-state index in [-0.39, 0.29) is 5.91 Å². The fourth-order valence-electron chi connectivity index (χ4n) is 3.13. The highest BCUT2D eigenvalue weighted by Crippen LogP contribution is 2.21. The molecule has 1 fully saturated rings. The first-order valence-corrected chi connectivity index (χ1v) is 8.26. The Hall–Kier alpha value is -3.02. The van der Waals surface area contributed by atoms with E-state index >= 15 is 0 Å². The van der Waals surface area contributed by atoms with E-state index in [4.69, 9.17) is 9.15 Å². The molecule has 0 N–H and O–H groups in total. The van der Waals surface area contributed by atoms with Crippen molar-refractivity contribution in [3.63, 3.8) is 0 Å². The van der Waals surface area contributed by atoms with Crippen molar-refractivity contribution in [2.24, 2.45) is 0 Å². The topological polar surface area (TPSA) is 58.8 Å². The van der Waals surface area contributed by atoms with Crippen molar-refractivity contribution in [3.8, 4) is 5.75 Å². The molecule has 0 bridgehead atoms. The molecule has 0 atom stereocenters. The molecule has 6 nitrogen and oxygen atoms in total. The van der Waals surface area contributed by atoms with E-state index in [1.165, 1.54) is 6.39 Å². The lowest BCUT2D eigenvalue weighted by atomic mass is 10.1. The van der Waals surface area contributed by atoms with Gasteiger partial charge in [-0.05, 0) is 42.5 Å². The summed E-state index contributed by atoms with van der Waals surface area (Å²) in [5.41, 5.74) is 3.20. The molecule has 0 radical (unpaired) electrons. The van der Waals surface area contributed by atoms with Gasteiger partial charge in [0.15, 0.2) is 12.0 Å². The number of hydrogen-bond donors (Lipinski definition) is 0. The molecule has 0 saturated carbocycles. The molecule has 6 heteroatoms. The van der Waals surface area contributed by atoms with E-state index < -0.39 is 0 Å². The van der Waals surface area contributed by atoms with E-state index in [2.05, 4.69) is 9.88 Å². The summed E-state index contributed by atoms with van der Waals surface area (Å²) in [5, 5.41) is 0. The number of nitrogens with zero attached hydrogens (tertiary/aromatic N) is 3. The van der Waals surface area contributed by atoms with Gasteiger partial charge in [-0.2, -0.15) is 0 Å². The number of aromatic nitrogens is 1.